The molecule has 1 aliphatic heterocycles. The summed E-state index contributed by atoms with van der Waals surface area (Å²) in [5, 5.41) is 17.4. The molecule has 5 rings (SSSR count). The molecular formula is C21H13ClN4O2S. The summed E-state index contributed by atoms with van der Waals surface area (Å²) in [7, 11) is 0. The Morgan fingerprint density at radius 2 is 2.14 bits per heavy atom. The summed E-state index contributed by atoms with van der Waals surface area (Å²) >= 11 is 7.97. The summed E-state index contributed by atoms with van der Waals surface area (Å²) in [4.78, 5) is 13.6. The van der Waals surface area contributed by atoms with E-state index < -0.39 is 5.69 Å². The molecule has 0 saturated heterocycles. The highest BCUT2D eigenvalue weighted by Crippen LogP contribution is 2.37. The van der Waals surface area contributed by atoms with Gasteiger partial charge < -0.3 is 4.74 Å². The number of hydrogen-bond acceptors (Lipinski definition) is 5. The number of nitrogens with one attached hydrogen (secondary N) is 1. The van der Waals surface area contributed by atoms with E-state index in [1.807, 2.05) is 30.3 Å². The molecule has 0 saturated carbocycles. The number of H-pyrrole nitrogens is 1. The second-order valence-electron chi connectivity index (χ2n) is 6.51. The van der Waals surface area contributed by atoms with E-state index in [9.17, 15) is 4.79 Å². The molecule has 2 aromatic heterocycles. The number of benzene rings is 2. The van der Waals surface area contributed by atoms with Crippen LogP contribution in [-0.4, -0.2) is 21.4 Å². The van der Waals surface area contributed by atoms with Crippen LogP contribution in [0.3, 0.4) is 0 Å². The Balaban J connectivity index is 1.71. The minimum atomic E-state index is -0.393. The fraction of sp³-hybridized carbons (Fsp3) is 0.0952. The van der Waals surface area contributed by atoms with E-state index in [4.69, 9.17) is 21.6 Å². The zero-order chi connectivity index (χ0) is 20.0. The van der Waals surface area contributed by atoms with Gasteiger partial charge >= 0.3 is 5.69 Å². The minimum absolute atomic E-state index is 0.365. The number of fused-ring (bicyclic) bond motifs is 3. The topological polar surface area (TPSA) is 83.7 Å². The normalized spacial score (nSPS) is 13.3. The number of nitriles is 1. The molecule has 0 bridgehead atoms. The predicted molar refractivity (Wildman–Crippen MR) is 113 cm³/mol. The molecular weight excluding hydrogens is 408 g/mol. The molecule has 1 aliphatic rings. The van der Waals surface area contributed by atoms with E-state index >= 15 is 0 Å². The molecule has 0 radical (unpaired) electrons. The molecule has 29 heavy (non-hydrogen) atoms. The summed E-state index contributed by atoms with van der Waals surface area (Å²) in [6.45, 7) is 0.459. The Labute approximate surface area is 174 Å². The van der Waals surface area contributed by atoms with Crippen LogP contribution in [0.15, 0.2) is 47.3 Å². The number of nitrogens with zero attached hydrogens (tertiary/aromatic N) is 3. The average molecular weight is 421 g/mol. The predicted octanol–water partition coefficient (Wildman–Crippen LogP) is 4.37. The van der Waals surface area contributed by atoms with E-state index in [0.717, 1.165) is 22.1 Å². The second kappa shape index (κ2) is 6.92. The van der Waals surface area contributed by atoms with Crippen LogP contribution in [0.4, 0.5) is 0 Å². The van der Waals surface area contributed by atoms with Crippen molar-refractivity contribution >= 4 is 44.9 Å². The number of halogens is 1. The van der Waals surface area contributed by atoms with E-state index in [-0.39, 0.29) is 0 Å². The standard InChI is InChI=1S/C21H13ClN4O2S/c22-15-3-1-2-4-16(15)26-20(24-25-21(26)27)17-10-14-13-6-5-12(11-23)9-19(13)29-18(14)7-8-28-17/h1-6,9-10H,7-8H2,(H,25,27). The molecule has 0 atom stereocenters. The Bertz CT molecular complexity index is 1390. The molecule has 0 aliphatic carbocycles. The third-order valence-electron chi connectivity index (χ3n) is 4.78. The number of para-hydroxylation sites is 1. The van der Waals surface area contributed by atoms with Crippen molar-refractivity contribution in [2.45, 2.75) is 6.42 Å². The highest BCUT2D eigenvalue weighted by Gasteiger charge is 2.22. The van der Waals surface area contributed by atoms with Crippen molar-refractivity contribution in [2.75, 3.05) is 6.61 Å². The molecule has 4 aromatic rings. The fourth-order valence-corrected chi connectivity index (χ4v) is 4.88. The van der Waals surface area contributed by atoms with Gasteiger partial charge in [-0.05, 0) is 30.3 Å². The quantitative estimate of drug-likeness (QED) is 0.521. The van der Waals surface area contributed by atoms with Crippen LogP contribution in [0.25, 0.3) is 27.6 Å². The lowest BCUT2D eigenvalue weighted by molar-refractivity contribution is 0.282. The molecule has 2 aromatic carbocycles. The molecule has 0 unspecified atom stereocenters. The SMILES string of the molecule is N#Cc1ccc2c3c(sc2c1)CCOC(c1n[nH]c(=O)n1-c1ccccc1Cl)=C3. The van der Waals surface area contributed by atoms with Crippen LogP contribution in [0.1, 0.15) is 21.8 Å². The van der Waals surface area contributed by atoms with Crippen molar-refractivity contribution < 1.29 is 4.74 Å². The lowest BCUT2D eigenvalue weighted by atomic mass is 10.1. The zero-order valence-corrected chi connectivity index (χ0v) is 16.5. The van der Waals surface area contributed by atoms with Gasteiger partial charge in [0.2, 0.25) is 5.82 Å². The van der Waals surface area contributed by atoms with Gasteiger partial charge in [-0.3, -0.25) is 0 Å². The highest BCUT2D eigenvalue weighted by molar-refractivity contribution is 7.19. The summed E-state index contributed by atoms with van der Waals surface area (Å²) in [5.41, 5.74) is 1.80. The lowest BCUT2D eigenvalue weighted by Gasteiger charge is -2.10. The van der Waals surface area contributed by atoms with Crippen molar-refractivity contribution in [3.8, 4) is 11.8 Å². The van der Waals surface area contributed by atoms with Crippen molar-refractivity contribution in [1.82, 2.24) is 14.8 Å². The van der Waals surface area contributed by atoms with E-state index in [0.29, 0.717) is 34.5 Å². The van der Waals surface area contributed by atoms with Gasteiger partial charge in [0.1, 0.15) is 0 Å². The first-order valence-electron chi connectivity index (χ1n) is 8.88. The van der Waals surface area contributed by atoms with Crippen LogP contribution in [0.5, 0.6) is 0 Å². The first-order chi connectivity index (χ1) is 14.2. The first kappa shape index (κ1) is 17.7. The Kier molecular flexibility index (Phi) is 4.23. The Hall–Kier alpha value is -3.34. The second-order valence-corrected chi connectivity index (χ2v) is 8.05. The van der Waals surface area contributed by atoms with E-state index in [1.165, 1.54) is 9.44 Å². The smallest absolute Gasteiger partial charge is 0.348 e. The lowest BCUT2D eigenvalue weighted by Crippen LogP contribution is -2.17. The maximum atomic E-state index is 12.5. The van der Waals surface area contributed by atoms with Crippen molar-refractivity contribution in [3.05, 3.63) is 79.8 Å². The van der Waals surface area contributed by atoms with Crippen molar-refractivity contribution in [3.63, 3.8) is 0 Å². The molecule has 142 valence electrons. The monoisotopic (exact) mass is 420 g/mol. The minimum Gasteiger partial charge on any atom is -0.489 e. The third-order valence-corrected chi connectivity index (χ3v) is 6.33. The average Bonchev–Trinajstić information content (AvgIpc) is 3.20. The molecule has 0 spiro atoms. The van der Waals surface area contributed by atoms with Gasteiger partial charge in [-0.15, -0.1) is 16.4 Å². The number of aromatic nitrogens is 3. The van der Waals surface area contributed by atoms with Crippen molar-refractivity contribution in [1.29, 1.82) is 5.26 Å². The van der Waals surface area contributed by atoms with Crippen LogP contribution in [-0.2, 0) is 11.2 Å². The summed E-state index contributed by atoms with van der Waals surface area (Å²) < 4.78 is 8.44. The van der Waals surface area contributed by atoms with Crippen LogP contribution >= 0.6 is 22.9 Å². The molecule has 6 nitrogen and oxygen atoms in total. The largest absolute Gasteiger partial charge is 0.489 e. The third kappa shape index (κ3) is 2.94. The molecule has 0 amide bonds. The molecule has 3 heterocycles. The summed E-state index contributed by atoms with van der Waals surface area (Å²) in [6.07, 6.45) is 2.65. The van der Waals surface area contributed by atoms with Crippen LogP contribution in [0, 0.1) is 11.3 Å². The van der Waals surface area contributed by atoms with Gasteiger partial charge in [-0.25, -0.2) is 14.5 Å². The van der Waals surface area contributed by atoms with E-state index in [1.54, 1.807) is 29.5 Å². The molecule has 8 heteroatoms. The number of thiophene rings is 1. The highest BCUT2D eigenvalue weighted by atomic mass is 35.5. The number of rotatable bonds is 2. The van der Waals surface area contributed by atoms with E-state index in [2.05, 4.69) is 16.3 Å². The zero-order valence-electron chi connectivity index (χ0n) is 15.0. The van der Waals surface area contributed by atoms with Gasteiger partial charge in [-0.2, -0.15) is 5.26 Å². The molecule has 0 fully saturated rings. The fourth-order valence-electron chi connectivity index (χ4n) is 3.46. The van der Waals surface area contributed by atoms with Gasteiger partial charge in [-0.1, -0.05) is 29.8 Å². The Morgan fingerprint density at radius 1 is 1.28 bits per heavy atom. The molecule has 1 N–H and O–H groups in total. The van der Waals surface area contributed by atoms with Crippen molar-refractivity contribution in [2.24, 2.45) is 0 Å². The van der Waals surface area contributed by atoms with Crippen LogP contribution in [0.2, 0.25) is 5.02 Å². The summed E-state index contributed by atoms with van der Waals surface area (Å²) in [5.74, 6) is 0.857. The van der Waals surface area contributed by atoms with Gasteiger partial charge in [0, 0.05) is 26.9 Å². The first-order valence-corrected chi connectivity index (χ1v) is 10.1. The number of aromatic amines is 1. The Morgan fingerprint density at radius 3 is 2.97 bits per heavy atom. The van der Waals surface area contributed by atoms with Gasteiger partial charge in [0.15, 0.2) is 5.76 Å². The van der Waals surface area contributed by atoms with Gasteiger partial charge in [0.25, 0.3) is 0 Å². The number of hydrogen-bond donors (Lipinski definition) is 1. The summed E-state index contributed by atoms with van der Waals surface area (Å²) in [6, 6.07) is 14.9. The van der Waals surface area contributed by atoms with Crippen LogP contribution < -0.4 is 5.69 Å². The van der Waals surface area contributed by atoms with Gasteiger partial charge in [0.05, 0.1) is 28.9 Å². The maximum absolute atomic E-state index is 12.5. The number of ether oxygens (including phenoxy) is 1. The maximum Gasteiger partial charge on any atom is 0.348 e.